The van der Waals surface area contributed by atoms with Crippen LogP contribution in [0.2, 0.25) is 0 Å². The van der Waals surface area contributed by atoms with Crippen molar-refractivity contribution < 1.29 is 16.8 Å². The standard InChI is InChI=1S/C37H35N4.Co/c1-24-19-26(3)34(27(4)20-24)40-36(29-13-8-6-9-14-29)32-17-12-18-33(39-32)37(30-15-10-7-11-16-30)41-35-28(5)21-25(2)22-31(35)23-38;/h6-23,37-38H,1-5H3;/q-1;/t37-;/m1./s1. The maximum Gasteiger partial charge on any atom is 0.0965 e. The first-order valence-corrected chi connectivity index (χ1v) is 13.9. The number of hydrogen-bond acceptors (Lipinski definition) is 3. The summed E-state index contributed by atoms with van der Waals surface area (Å²) in [5.74, 6) is 0. The van der Waals surface area contributed by atoms with Gasteiger partial charge in [-0.2, -0.15) is 0 Å². The van der Waals surface area contributed by atoms with Crippen molar-refractivity contribution in [3.8, 4) is 0 Å². The first-order chi connectivity index (χ1) is 19.8. The topological polar surface area (TPSA) is 63.2 Å². The van der Waals surface area contributed by atoms with Gasteiger partial charge in [0.25, 0.3) is 0 Å². The van der Waals surface area contributed by atoms with E-state index in [-0.39, 0.29) is 22.8 Å². The molecule has 1 N–H and O–H groups in total. The van der Waals surface area contributed by atoms with Crippen LogP contribution < -0.4 is 0 Å². The minimum Gasteiger partial charge on any atom is -0.672 e. The third kappa shape index (κ3) is 6.76. The third-order valence-electron chi connectivity index (χ3n) is 7.20. The van der Waals surface area contributed by atoms with Gasteiger partial charge in [-0.1, -0.05) is 113 Å². The van der Waals surface area contributed by atoms with Crippen molar-refractivity contribution in [1.29, 1.82) is 5.41 Å². The molecule has 5 aromatic rings. The summed E-state index contributed by atoms with van der Waals surface area (Å²) in [6.07, 6.45) is 1.39. The number of nitrogens with one attached hydrogen (secondary N) is 1. The van der Waals surface area contributed by atoms with Crippen LogP contribution in [0.25, 0.3) is 5.32 Å². The fourth-order valence-electron chi connectivity index (χ4n) is 5.42. The molecule has 42 heavy (non-hydrogen) atoms. The molecule has 0 aliphatic carbocycles. The van der Waals surface area contributed by atoms with Crippen molar-refractivity contribution in [2.75, 3.05) is 0 Å². The molecule has 0 bridgehead atoms. The van der Waals surface area contributed by atoms with E-state index in [2.05, 4.69) is 70.2 Å². The zero-order valence-electron chi connectivity index (χ0n) is 24.6. The molecule has 213 valence electrons. The van der Waals surface area contributed by atoms with Gasteiger partial charge in [-0.25, -0.2) is 4.99 Å². The van der Waals surface area contributed by atoms with E-state index in [1.54, 1.807) is 0 Å². The van der Waals surface area contributed by atoms with Gasteiger partial charge in [-0.15, -0.1) is 5.69 Å². The third-order valence-corrected chi connectivity index (χ3v) is 7.20. The van der Waals surface area contributed by atoms with Crippen molar-refractivity contribution in [1.82, 2.24) is 4.98 Å². The second-order valence-corrected chi connectivity index (χ2v) is 10.6. The van der Waals surface area contributed by atoms with Crippen molar-refractivity contribution in [2.24, 2.45) is 4.99 Å². The summed E-state index contributed by atoms with van der Waals surface area (Å²) in [6, 6.07) is 34.7. The van der Waals surface area contributed by atoms with Crippen LogP contribution in [0.4, 0.5) is 11.4 Å². The predicted octanol–water partition coefficient (Wildman–Crippen LogP) is 9.58. The Morgan fingerprint density at radius 3 is 1.98 bits per heavy atom. The Balaban J connectivity index is 0.00000405. The van der Waals surface area contributed by atoms with Crippen molar-refractivity contribution in [2.45, 2.75) is 40.7 Å². The number of aryl methyl sites for hydroxylation is 5. The van der Waals surface area contributed by atoms with Gasteiger partial charge in [-0.3, -0.25) is 4.98 Å². The minimum absolute atomic E-state index is 0. The number of hydrogen-bond donors (Lipinski definition) is 1. The van der Waals surface area contributed by atoms with Gasteiger partial charge in [0, 0.05) is 34.3 Å². The molecule has 1 radical (unpaired) electrons. The second-order valence-electron chi connectivity index (χ2n) is 10.6. The molecule has 0 saturated carbocycles. The van der Waals surface area contributed by atoms with E-state index < -0.39 is 0 Å². The van der Waals surface area contributed by atoms with Crippen molar-refractivity contribution >= 4 is 23.3 Å². The first kappa shape index (κ1) is 30.6. The summed E-state index contributed by atoms with van der Waals surface area (Å²) in [6.45, 7) is 10.4. The molecule has 1 aromatic heterocycles. The monoisotopic (exact) mass is 594 g/mol. The van der Waals surface area contributed by atoms with Crippen LogP contribution in [0.3, 0.4) is 0 Å². The SMILES string of the molecule is Cc1cc(C)c(N=C(c2ccccc2)c2cccc([C@H]([N-]c3c(C)cc(C)cc3C=N)c3ccccc3)n2)c(C)c1.[Co]. The van der Waals surface area contributed by atoms with Crippen LogP contribution >= 0.6 is 0 Å². The Morgan fingerprint density at radius 1 is 0.738 bits per heavy atom. The minimum atomic E-state index is -0.351. The maximum atomic E-state index is 8.06. The average Bonchev–Trinajstić information content (AvgIpc) is 2.97. The Labute approximate surface area is 259 Å². The van der Waals surface area contributed by atoms with Gasteiger partial charge < -0.3 is 10.7 Å². The normalized spacial score (nSPS) is 11.9. The summed E-state index contributed by atoms with van der Waals surface area (Å²) >= 11 is 0. The van der Waals surface area contributed by atoms with E-state index in [1.807, 2.05) is 67.6 Å². The van der Waals surface area contributed by atoms with E-state index in [0.29, 0.717) is 0 Å². The number of aliphatic imine (C=N–C) groups is 1. The average molecular weight is 595 g/mol. The molecule has 4 aromatic carbocycles. The summed E-state index contributed by atoms with van der Waals surface area (Å²) in [5, 5.41) is 13.3. The zero-order chi connectivity index (χ0) is 28.9. The fourth-order valence-corrected chi connectivity index (χ4v) is 5.42. The second kappa shape index (κ2) is 13.6. The molecule has 5 rings (SSSR count). The van der Waals surface area contributed by atoms with Gasteiger partial charge in [0.15, 0.2) is 0 Å². The van der Waals surface area contributed by atoms with Crippen LogP contribution in [0, 0.1) is 40.0 Å². The smallest absolute Gasteiger partial charge is 0.0965 e. The molecule has 0 spiro atoms. The van der Waals surface area contributed by atoms with Crippen LogP contribution in [0.1, 0.15) is 61.9 Å². The van der Waals surface area contributed by atoms with E-state index in [4.69, 9.17) is 20.7 Å². The molecule has 0 saturated heterocycles. The zero-order valence-corrected chi connectivity index (χ0v) is 25.7. The number of benzene rings is 4. The van der Waals surface area contributed by atoms with Crippen LogP contribution in [-0.2, 0) is 16.8 Å². The van der Waals surface area contributed by atoms with Crippen LogP contribution in [0.15, 0.2) is 108 Å². The molecule has 1 heterocycles. The van der Waals surface area contributed by atoms with Gasteiger partial charge in [0.05, 0.1) is 17.1 Å². The molecular formula is C37H35CoN4-. The Morgan fingerprint density at radius 2 is 1.33 bits per heavy atom. The summed E-state index contributed by atoms with van der Waals surface area (Å²) in [7, 11) is 0. The molecule has 5 heteroatoms. The van der Waals surface area contributed by atoms with Gasteiger partial charge >= 0.3 is 0 Å². The summed E-state index contributed by atoms with van der Waals surface area (Å²) in [4.78, 5) is 10.5. The molecule has 0 unspecified atom stereocenters. The number of aromatic nitrogens is 1. The van der Waals surface area contributed by atoms with Crippen LogP contribution in [-0.4, -0.2) is 16.9 Å². The molecule has 4 nitrogen and oxygen atoms in total. The van der Waals surface area contributed by atoms with E-state index in [9.17, 15) is 0 Å². The largest absolute Gasteiger partial charge is 0.672 e. The first-order valence-electron chi connectivity index (χ1n) is 13.9. The van der Waals surface area contributed by atoms with Crippen molar-refractivity contribution in [3.05, 3.63) is 164 Å². The van der Waals surface area contributed by atoms with Gasteiger partial charge in [0.1, 0.15) is 0 Å². The quantitative estimate of drug-likeness (QED) is 0.179. The van der Waals surface area contributed by atoms with E-state index in [1.165, 1.54) is 11.8 Å². The number of rotatable bonds is 8. The van der Waals surface area contributed by atoms with E-state index >= 15 is 0 Å². The fraction of sp³-hybridized carbons (Fsp3) is 0.162. The Hall–Kier alpha value is -4.32. The Kier molecular flexibility index (Phi) is 9.89. The van der Waals surface area contributed by atoms with Crippen molar-refractivity contribution in [3.63, 3.8) is 0 Å². The molecule has 0 aliphatic rings. The molecule has 1 atom stereocenters. The summed E-state index contributed by atoms with van der Waals surface area (Å²) < 4.78 is 0. The molecule has 0 aliphatic heterocycles. The molecule has 0 amide bonds. The summed E-state index contributed by atoms with van der Waals surface area (Å²) in [5.41, 5.74) is 12.7. The van der Waals surface area contributed by atoms with Gasteiger partial charge in [-0.05, 0) is 69.5 Å². The Bertz CT molecular complexity index is 1700. The van der Waals surface area contributed by atoms with E-state index in [0.717, 1.165) is 67.4 Å². The van der Waals surface area contributed by atoms with Gasteiger partial charge in [0.2, 0.25) is 0 Å². The predicted molar refractivity (Wildman–Crippen MR) is 172 cm³/mol. The molecular weight excluding hydrogens is 559 g/mol. The maximum absolute atomic E-state index is 8.06. The van der Waals surface area contributed by atoms with Crippen LogP contribution in [0.5, 0.6) is 0 Å². The molecule has 0 fully saturated rings. The number of pyridine rings is 1. The number of nitrogens with zero attached hydrogens (tertiary/aromatic N) is 3.